The lowest BCUT2D eigenvalue weighted by molar-refractivity contribution is -0.312. The molecule has 1 spiro atoms. The first-order valence-corrected chi connectivity index (χ1v) is 6.97. The van der Waals surface area contributed by atoms with Gasteiger partial charge >= 0.3 is 0 Å². The Morgan fingerprint density at radius 2 is 1.90 bits per heavy atom. The molecule has 3 rings (SSSR count). The highest BCUT2D eigenvalue weighted by atomic mass is 17.2. The summed E-state index contributed by atoms with van der Waals surface area (Å²) < 4.78 is 0. The van der Waals surface area contributed by atoms with E-state index in [1.165, 1.54) is 12.1 Å². The van der Waals surface area contributed by atoms with Gasteiger partial charge in [0.15, 0.2) is 0 Å². The second-order valence-electron chi connectivity index (χ2n) is 5.46. The van der Waals surface area contributed by atoms with Crippen LogP contribution in [0.3, 0.4) is 0 Å². The van der Waals surface area contributed by atoms with E-state index in [9.17, 15) is 4.79 Å². The predicted molar refractivity (Wildman–Crippen MR) is 74.9 cm³/mol. The third-order valence-electron chi connectivity index (χ3n) is 4.12. The fraction of sp³-hybridized carbons (Fsp3) is 0.467. The second kappa shape index (κ2) is 5.42. The van der Waals surface area contributed by atoms with E-state index in [4.69, 9.17) is 15.5 Å². The van der Waals surface area contributed by atoms with Gasteiger partial charge in [-0.1, -0.05) is 12.1 Å². The fourth-order valence-corrected chi connectivity index (χ4v) is 2.89. The first-order valence-electron chi connectivity index (χ1n) is 6.97. The van der Waals surface area contributed by atoms with Crippen LogP contribution in [-0.2, 0) is 14.6 Å². The van der Waals surface area contributed by atoms with Crippen LogP contribution in [0, 0.1) is 6.42 Å². The number of nitrogens with two attached hydrogens (primary N) is 1. The number of carbonyl (C=O) groups is 1. The Bertz CT molecular complexity index is 470. The molecule has 0 saturated carbocycles. The lowest BCUT2D eigenvalue weighted by atomic mass is 9.89. The van der Waals surface area contributed by atoms with Crippen molar-refractivity contribution in [1.29, 1.82) is 0 Å². The van der Waals surface area contributed by atoms with Gasteiger partial charge in [-0.05, 0) is 30.5 Å². The van der Waals surface area contributed by atoms with Gasteiger partial charge in [-0.15, -0.1) is 0 Å². The molecule has 5 heteroatoms. The summed E-state index contributed by atoms with van der Waals surface area (Å²) >= 11 is 0. The number of piperidine rings is 1. The highest BCUT2D eigenvalue weighted by Gasteiger charge is 2.40. The van der Waals surface area contributed by atoms with Crippen molar-refractivity contribution in [2.45, 2.75) is 24.9 Å². The van der Waals surface area contributed by atoms with Crippen LogP contribution in [0.15, 0.2) is 24.3 Å². The summed E-state index contributed by atoms with van der Waals surface area (Å²) in [6.07, 6.45) is 4.40. The van der Waals surface area contributed by atoms with Crippen LogP contribution in [0.1, 0.15) is 24.8 Å². The maximum absolute atomic E-state index is 10.8. The van der Waals surface area contributed by atoms with E-state index in [2.05, 4.69) is 4.90 Å². The van der Waals surface area contributed by atoms with Gasteiger partial charge < -0.3 is 10.6 Å². The Morgan fingerprint density at radius 3 is 2.45 bits per heavy atom. The maximum Gasteiger partial charge on any atom is 0.226 e. The zero-order valence-electron chi connectivity index (χ0n) is 11.4. The molecule has 2 N–H and O–H groups in total. The molecule has 0 bridgehead atoms. The lowest BCUT2D eigenvalue weighted by Gasteiger charge is -2.38. The van der Waals surface area contributed by atoms with Crippen LogP contribution in [0.5, 0.6) is 0 Å². The quantitative estimate of drug-likeness (QED) is 0.847. The number of benzene rings is 1. The molecule has 1 amide bonds. The normalized spacial score (nSPS) is 21.3. The molecule has 2 aliphatic heterocycles. The van der Waals surface area contributed by atoms with Crippen LogP contribution in [0.25, 0.3) is 0 Å². The van der Waals surface area contributed by atoms with Crippen molar-refractivity contribution in [1.82, 2.24) is 0 Å². The SMILES string of the molecule is NC(=O)[CH]c1ccc(N2CCC3(CCOO3)CC2)cc1. The topological polar surface area (TPSA) is 64.8 Å². The van der Waals surface area contributed by atoms with Gasteiger partial charge in [-0.2, -0.15) is 0 Å². The van der Waals surface area contributed by atoms with Gasteiger partial charge in [-0.3, -0.25) is 4.79 Å². The van der Waals surface area contributed by atoms with Crippen molar-refractivity contribution in [2.24, 2.45) is 5.73 Å². The molecule has 20 heavy (non-hydrogen) atoms. The molecule has 5 nitrogen and oxygen atoms in total. The Hall–Kier alpha value is -1.59. The van der Waals surface area contributed by atoms with Crippen molar-refractivity contribution in [3.63, 3.8) is 0 Å². The van der Waals surface area contributed by atoms with Crippen LogP contribution in [0.2, 0.25) is 0 Å². The van der Waals surface area contributed by atoms with E-state index >= 15 is 0 Å². The number of anilines is 1. The molecule has 0 unspecified atom stereocenters. The standard InChI is InChI=1S/C15H19N2O3/c16-14(18)11-12-1-3-13(4-2-12)17-8-5-15(6-9-17)7-10-19-20-15/h1-4,11H,5-10H2,(H2,16,18). The molecular weight excluding hydrogens is 256 g/mol. The van der Waals surface area contributed by atoms with Gasteiger partial charge in [0.1, 0.15) is 5.60 Å². The van der Waals surface area contributed by atoms with E-state index in [-0.39, 0.29) is 5.60 Å². The minimum Gasteiger partial charge on any atom is -0.371 e. The monoisotopic (exact) mass is 275 g/mol. The van der Waals surface area contributed by atoms with E-state index in [0.29, 0.717) is 6.61 Å². The van der Waals surface area contributed by atoms with E-state index in [1.54, 1.807) is 0 Å². The van der Waals surface area contributed by atoms with Crippen LogP contribution < -0.4 is 10.6 Å². The predicted octanol–water partition coefficient (Wildman–Crippen LogP) is 1.42. The summed E-state index contributed by atoms with van der Waals surface area (Å²) in [5.41, 5.74) is 7.08. The molecule has 2 heterocycles. The van der Waals surface area contributed by atoms with Crippen molar-refractivity contribution < 1.29 is 14.6 Å². The Morgan fingerprint density at radius 1 is 1.20 bits per heavy atom. The highest BCUT2D eigenvalue weighted by Crippen LogP contribution is 2.35. The molecule has 2 fully saturated rings. The number of amides is 1. The number of hydrogen-bond acceptors (Lipinski definition) is 4. The average Bonchev–Trinajstić information content (AvgIpc) is 2.89. The third kappa shape index (κ3) is 2.78. The molecule has 0 atom stereocenters. The number of nitrogens with zero attached hydrogens (tertiary/aromatic N) is 1. The fourth-order valence-electron chi connectivity index (χ4n) is 2.89. The number of rotatable bonds is 3. The Balaban J connectivity index is 1.61. The molecular formula is C15H19N2O3. The molecule has 2 aliphatic rings. The van der Waals surface area contributed by atoms with Crippen LogP contribution in [-0.4, -0.2) is 31.2 Å². The summed E-state index contributed by atoms with van der Waals surface area (Å²) in [5, 5.41) is 0. The van der Waals surface area contributed by atoms with Gasteiger partial charge in [-0.25, -0.2) is 9.78 Å². The van der Waals surface area contributed by atoms with Gasteiger partial charge in [0, 0.05) is 25.2 Å². The van der Waals surface area contributed by atoms with Gasteiger partial charge in [0.25, 0.3) is 0 Å². The van der Waals surface area contributed by atoms with Crippen molar-refractivity contribution >= 4 is 11.6 Å². The van der Waals surface area contributed by atoms with E-state index < -0.39 is 5.91 Å². The van der Waals surface area contributed by atoms with Gasteiger partial charge in [0.05, 0.1) is 13.0 Å². The summed E-state index contributed by atoms with van der Waals surface area (Å²) in [7, 11) is 0. The molecule has 1 radical (unpaired) electrons. The summed E-state index contributed by atoms with van der Waals surface area (Å²) in [5.74, 6) is -0.420. The van der Waals surface area contributed by atoms with Crippen LogP contribution in [0.4, 0.5) is 5.69 Å². The zero-order chi connectivity index (χ0) is 14.0. The van der Waals surface area contributed by atoms with Crippen LogP contribution >= 0.6 is 0 Å². The molecule has 107 valence electrons. The summed E-state index contributed by atoms with van der Waals surface area (Å²) in [6.45, 7) is 2.63. The molecule has 1 aromatic rings. The third-order valence-corrected chi connectivity index (χ3v) is 4.12. The molecule has 1 aromatic carbocycles. The first-order chi connectivity index (χ1) is 9.67. The highest BCUT2D eigenvalue weighted by molar-refractivity contribution is 5.86. The summed E-state index contributed by atoms with van der Waals surface area (Å²) in [6, 6.07) is 7.89. The number of primary amides is 1. The van der Waals surface area contributed by atoms with E-state index in [1.807, 2.05) is 24.3 Å². The van der Waals surface area contributed by atoms with E-state index in [0.717, 1.165) is 37.9 Å². The van der Waals surface area contributed by atoms with Crippen molar-refractivity contribution in [3.05, 3.63) is 36.2 Å². The largest absolute Gasteiger partial charge is 0.371 e. The molecule has 2 saturated heterocycles. The zero-order valence-corrected chi connectivity index (χ0v) is 11.4. The molecule has 0 aliphatic carbocycles. The van der Waals surface area contributed by atoms with Gasteiger partial charge in [0.2, 0.25) is 5.91 Å². The minimum atomic E-state index is -0.420. The second-order valence-corrected chi connectivity index (χ2v) is 5.46. The summed E-state index contributed by atoms with van der Waals surface area (Å²) in [4.78, 5) is 23.7. The average molecular weight is 275 g/mol. The Labute approximate surface area is 118 Å². The number of carbonyl (C=O) groups excluding carboxylic acids is 1. The smallest absolute Gasteiger partial charge is 0.226 e. The van der Waals surface area contributed by atoms with Crippen molar-refractivity contribution in [2.75, 3.05) is 24.6 Å². The lowest BCUT2D eigenvalue weighted by Crippen LogP contribution is -2.44. The van der Waals surface area contributed by atoms with Crippen molar-refractivity contribution in [3.8, 4) is 0 Å². The maximum atomic E-state index is 10.8. The molecule has 0 aromatic heterocycles. The Kier molecular flexibility index (Phi) is 3.63. The first kappa shape index (κ1) is 13.4. The number of hydrogen-bond donors (Lipinski definition) is 1. The minimum absolute atomic E-state index is 0.0593.